The first-order valence-corrected chi connectivity index (χ1v) is 6.59. The van der Waals surface area contributed by atoms with Crippen molar-refractivity contribution in [3.63, 3.8) is 0 Å². The van der Waals surface area contributed by atoms with Crippen LogP contribution in [0.5, 0.6) is 0 Å². The molecule has 3 aromatic heterocycles. The molecule has 0 radical (unpaired) electrons. The van der Waals surface area contributed by atoms with E-state index >= 15 is 0 Å². The monoisotopic (exact) mass is 294 g/mol. The van der Waals surface area contributed by atoms with Crippen molar-refractivity contribution in [1.29, 1.82) is 0 Å². The van der Waals surface area contributed by atoms with E-state index < -0.39 is 4.92 Å². The fourth-order valence-corrected chi connectivity index (χ4v) is 2.42. The molecule has 0 amide bonds. The molecule has 0 spiro atoms. The van der Waals surface area contributed by atoms with Crippen LogP contribution in [0.25, 0.3) is 16.7 Å². The molecule has 0 saturated heterocycles. The van der Waals surface area contributed by atoms with Gasteiger partial charge in [0.05, 0.1) is 28.9 Å². The molecule has 0 aliphatic carbocycles. The van der Waals surface area contributed by atoms with Crippen LogP contribution in [0.15, 0.2) is 49.1 Å². The number of nitro benzene ring substituents is 1. The number of fused-ring (bicyclic) bond motifs is 2. The fourth-order valence-electron chi connectivity index (χ4n) is 2.42. The second-order valence-corrected chi connectivity index (χ2v) is 4.86. The van der Waals surface area contributed by atoms with Crippen LogP contribution in [-0.2, 0) is 6.54 Å². The largest absolute Gasteiger partial charge is 0.291 e. The van der Waals surface area contributed by atoms with Crippen LogP contribution in [0, 0.1) is 10.1 Å². The van der Waals surface area contributed by atoms with Crippen molar-refractivity contribution in [3.8, 4) is 0 Å². The van der Waals surface area contributed by atoms with Gasteiger partial charge in [0.1, 0.15) is 0 Å². The lowest BCUT2D eigenvalue weighted by molar-refractivity contribution is -0.384. The van der Waals surface area contributed by atoms with Gasteiger partial charge in [-0.25, -0.2) is 9.97 Å². The number of benzene rings is 1. The topological polar surface area (TPSA) is 91.2 Å². The molecule has 22 heavy (non-hydrogen) atoms. The Bertz CT molecular complexity index is 970. The highest BCUT2D eigenvalue weighted by molar-refractivity contribution is 5.81. The van der Waals surface area contributed by atoms with Gasteiger partial charge in [-0.1, -0.05) is 0 Å². The van der Waals surface area contributed by atoms with Gasteiger partial charge in [-0.2, -0.15) is 5.10 Å². The summed E-state index contributed by atoms with van der Waals surface area (Å²) < 4.78 is 3.60. The van der Waals surface area contributed by atoms with Crippen molar-refractivity contribution in [1.82, 2.24) is 24.1 Å². The molecule has 0 N–H and O–H groups in total. The van der Waals surface area contributed by atoms with Crippen LogP contribution in [0.1, 0.15) is 5.69 Å². The van der Waals surface area contributed by atoms with Crippen LogP contribution < -0.4 is 0 Å². The SMILES string of the molecule is O=[N+]([O-])c1ccc2c(cnn2Cc2cn3cccnc3n2)c1. The van der Waals surface area contributed by atoms with E-state index in [0.717, 1.165) is 16.6 Å². The average molecular weight is 294 g/mol. The maximum absolute atomic E-state index is 10.8. The Hall–Kier alpha value is -3.29. The van der Waals surface area contributed by atoms with Crippen LogP contribution in [0.4, 0.5) is 5.69 Å². The Balaban J connectivity index is 1.73. The highest BCUT2D eigenvalue weighted by atomic mass is 16.6. The maximum Gasteiger partial charge on any atom is 0.270 e. The summed E-state index contributed by atoms with van der Waals surface area (Å²) in [6.45, 7) is 0.477. The minimum atomic E-state index is -0.412. The summed E-state index contributed by atoms with van der Waals surface area (Å²) >= 11 is 0. The minimum Gasteiger partial charge on any atom is -0.291 e. The standard InChI is InChI=1S/C14H10N6O2/c21-20(22)12-2-3-13-10(6-12)7-16-19(13)9-11-8-18-5-1-4-15-14(18)17-11/h1-8H,9H2. The molecular weight excluding hydrogens is 284 g/mol. The van der Waals surface area contributed by atoms with Gasteiger partial charge in [0.15, 0.2) is 0 Å². The first-order valence-electron chi connectivity index (χ1n) is 6.59. The van der Waals surface area contributed by atoms with E-state index in [2.05, 4.69) is 15.1 Å². The minimum absolute atomic E-state index is 0.0592. The van der Waals surface area contributed by atoms with E-state index in [0.29, 0.717) is 12.3 Å². The second-order valence-electron chi connectivity index (χ2n) is 4.86. The smallest absolute Gasteiger partial charge is 0.270 e. The molecule has 0 saturated carbocycles. The van der Waals surface area contributed by atoms with E-state index in [1.807, 2.05) is 22.9 Å². The molecule has 0 unspecified atom stereocenters. The van der Waals surface area contributed by atoms with E-state index in [9.17, 15) is 10.1 Å². The highest BCUT2D eigenvalue weighted by Crippen LogP contribution is 2.21. The quantitative estimate of drug-likeness (QED) is 0.426. The molecule has 0 fully saturated rings. The van der Waals surface area contributed by atoms with Gasteiger partial charge in [0, 0.05) is 36.1 Å². The predicted molar refractivity (Wildman–Crippen MR) is 78.5 cm³/mol. The Kier molecular flexibility index (Phi) is 2.62. The summed E-state index contributed by atoms with van der Waals surface area (Å²) in [4.78, 5) is 19.0. The summed E-state index contributed by atoms with van der Waals surface area (Å²) in [7, 11) is 0. The average Bonchev–Trinajstić information content (AvgIpc) is 3.10. The van der Waals surface area contributed by atoms with Crippen molar-refractivity contribution < 1.29 is 4.92 Å². The molecule has 8 heteroatoms. The molecule has 0 aliphatic heterocycles. The van der Waals surface area contributed by atoms with E-state index in [4.69, 9.17) is 0 Å². The van der Waals surface area contributed by atoms with Crippen LogP contribution in [0.3, 0.4) is 0 Å². The molecule has 1 aromatic carbocycles. The fraction of sp³-hybridized carbons (Fsp3) is 0.0714. The number of non-ortho nitro benzene ring substituents is 1. The molecule has 108 valence electrons. The third-order valence-electron chi connectivity index (χ3n) is 3.43. The normalized spacial score (nSPS) is 11.3. The van der Waals surface area contributed by atoms with Crippen molar-refractivity contribution in [2.24, 2.45) is 0 Å². The second kappa shape index (κ2) is 4.62. The third kappa shape index (κ3) is 1.97. The summed E-state index contributed by atoms with van der Waals surface area (Å²) in [5.41, 5.74) is 1.71. The zero-order chi connectivity index (χ0) is 15.1. The number of imidazole rings is 1. The van der Waals surface area contributed by atoms with Gasteiger partial charge in [-0.3, -0.25) is 19.2 Å². The van der Waals surface area contributed by atoms with Gasteiger partial charge in [0.2, 0.25) is 5.78 Å². The summed E-state index contributed by atoms with van der Waals surface area (Å²) in [5, 5.41) is 15.8. The molecule has 3 heterocycles. The lowest BCUT2D eigenvalue weighted by atomic mass is 10.2. The van der Waals surface area contributed by atoms with Gasteiger partial charge >= 0.3 is 0 Å². The molecule has 4 aromatic rings. The highest BCUT2D eigenvalue weighted by Gasteiger charge is 2.11. The number of hydrogen-bond donors (Lipinski definition) is 0. The Morgan fingerprint density at radius 1 is 1.32 bits per heavy atom. The molecule has 0 bridgehead atoms. The first-order chi connectivity index (χ1) is 10.7. The predicted octanol–water partition coefficient (Wildman–Crippen LogP) is 2.04. The third-order valence-corrected chi connectivity index (χ3v) is 3.43. The van der Waals surface area contributed by atoms with Crippen molar-refractivity contribution in [3.05, 3.63) is 64.9 Å². The molecule has 8 nitrogen and oxygen atoms in total. The molecule has 4 rings (SSSR count). The number of rotatable bonds is 3. The summed E-state index contributed by atoms with van der Waals surface area (Å²) in [6, 6.07) is 6.53. The maximum atomic E-state index is 10.8. The Morgan fingerprint density at radius 2 is 2.23 bits per heavy atom. The Morgan fingerprint density at radius 3 is 3.05 bits per heavy atom. The Labute approximate surface area is 123 Å². The lowest BCUT2D eigenvalue weighted by Crippen LogP contribution is -2.01. The van der Waals surface area contributed by atoms with E-state index in [1.165, 1.54) is 12.1 Å². The van der Waals surface area contributed by atoms with E-state index in [-0.39, 0.29) is 5.69 Å². The van der Waals surface area contributed by atoms with Crippen molar-refractivity contribution in [2.45, 2.75) is 6.54 Å². The number of aromatic nitrogens is 5. The number of nitro groups is 1. The van der Waals surface area contributed by atoms with Gasteiger partial charge in [-0.15, -0.1) is 0 Å². The van der Waals surface area contributed by atoms with E-state index in [1.54, 1.807) is 23.1 Å². The number of nitrogens with zero attached hydrogens (tertiary/aromatic N) is 6. The van der Waals surface area contributed by atoms with Gasteiger partial charge in [-0.05, 0) is 12.1 Å². The van der Waals surface area contributed by atoms with Gasteiger partial charge < -0.3 is 0 Å². The summed E-state index contributed by atoms with van der Waals surface area (Å²) in [5.74, 6) is 0.629. The van der Waals surface area contributed by atoms with Gasteiger partial charge in [0.25, 0.3) is 5.69 Å². The molecular formula is C14H10N6O2. The van der Waals surface area contributed by atoms with Crippen molar-refractivity contribution in [2.75, 3.05) is 0 Å². The van der Waals surface area contributed by atoms with Crippen LogP contribution in [-0.4, -0.2) is 29.1 Å². The van der Waals surface area contributed by atoms with Crippen molar-refractivity contribution >= 4 is 22.4 Å². The lowest BCUT2D eigenvalue weighted by Gasteiger charge is -2.00. The summed E-state index contributed by atoms with van der Waals surface area (Å²) in [6.07, 6.45) is 7.08. The molecule has 0 atom stereocenters. The van der Waals surface area contributed by atoms with Crippen LogP contribution in [0.2, 0.25) is 0 Å². The first kappa shape index (κ1) is 12.5. The zero-order valence-electron chi connectivity index (χ0n) is 11.3. The van der Waals surface area contributed by atoms with Crippen LogP contribution >= 0.6 is 0 Å². The molecule has 0 aliphatic rings. The number of hydrogen-bond acceptors (Lipinski definition) is 5. The zero-order valence-corrected chi connectivity index (χ0v) is 11.3.